The number of amides is 1. The van der Waals surface area contributed by atoms with Crippen LogP contribution in [-0.2, 0) is 9.59 Å². The Morgan fingerprint density at radius 2 is 2.17 bits per heavy atom. The molecule has 6 heteroatoms. The van der Waals surface area contributed by atoms with Crippen molar-refractivity contribution < 1.29 is 14.7 Å². The van der Waals surface area contributed by atoms with Gasteiger partial charge in [0, 0.05) is 25.5 Å². The summed E-state index contributed by atoms with van der Waals surface area (Å²) >= 11 is 0. The lowest BCUT2D eigenvalue weighted by atomic mass is 9.99. The number of hydrogen-bond acceptors (Lipinski definition) is 3. The van der Waals surface area contributed by atoms with Crippen LogP contribution in [0.3, 0.4) is 0 Å². The van der Waals surface area contributed by atoms with E-state index in [2.05, 4.69) is 5.10 Å². The van der Waals surface area contributed by atoms with Gasteiger partial charge in [0.15, 0.2) is 0 Å². The van der Waals surface area contributed by atoms with E-state index in [0.717, 1.165) is 0 Å². The molecule has 0 aliphatic carbocycles. The molecule has 6 nitrogen and oxygen atoms in total. The zero-order chi connectivity index (χ0) is 13.3. The average molecular weight is 251 g/mol. The van der Waals surface area contributed by atoms with Gasteiger partial charge in [-0.3, -0.25) is 14.3 Å². The first-order chi connectivity index (χ1) is 8.50. The Kier molecular flexibility index (Phi) is 3.36. The number of likely N-dealkylation sites (tertiary alicyclic amines) is 1. The first-order valence-electron chi connectivity index (χ1n) is 6.01. The molecule has 98 valence electrons. The summed E-state index contributed by atoms with van der Waals surface area (Å²) in [6.45, 7) is 4.43. The minimum atomic E-state index is -0.829. The first-order valence-corrected chi connectivity index (χ1v) is 6.01. The van der Waals surface area contributed by atoms with Crippen molar-refractivity contribution in [2.24, 2.45) is 11.8 Å². The molecule has 2 rings (SSSR count). The van der Waals surface area contributed by atoms with Gasteiger partial charge in [0.2, 0.25) is 5.91 Å². The van der Waals surface area contributed by atoms with Crippen LogP contribution in [0.5, 0.6) is 0 Å². The Labute approximate surface area is 105 Å². The fourth-order valence-corrected chi connectivity index (χ4v) is 2.36. The number of hydrogen-bond donors (Lipinski definition) is 1. The number of aliphatic carboxylic acids is 1. The van der Waals surface area contributed by atoms with Gasteiger partial charge in [-0.15, -0.1) is 0 Å². The van der Waals surface area contributed by atoms with E-state index in [0.29, 0.717) is 13.1 Å². The monoisotopic (exact) mass is 251 g/mol. The van der Waals surface area contributed by atoms with Crippen molar-refractivity contribution in [2.45, 2.75) is 19.9 Å². The van der Waals surface area contributed by atoms with Gasteiger partial charge >= 0.3 is 5.97 Å². The molecule has 0 radical (unpaired) electrons. The van der Waals surface area contributed by atoms with Crippen LogP contribution in [0.25, 0.3) is 0 Å². The molecule has 0 saturated carbocycles. The molecule has 1 N–H and O–H groups in total. The third-order valence-corrected chi connectivity index (χ3v) is 3.52. The second-order valence-electron chi connectivity index (χ2n) is 4.83. The quantitative estimate of drug-likeness (QED) is 0.854. The van der Waals surface area contributed by atoms with E-state index in [1.165, 1.54) is 0 Å². The summed E-state index contributed by atoms with van der Waals surface area (Å²) in [7, 11) is 0. The van der Waals surface area contributed by atoms with Crippen LogP contribution in [0.1, 0.15) is 19.9 Å². The second-order valence-corrected chi connectivity index (χ2v) is 4.83. The van der Waals surface area contributed by atoms with Crippen LogP contribution in [0.4, 0.5) is 0 Å². The van der Waals surface area contributed by atoms with Gasteiger partial charge in [0.1, 0.15) is 6.04 Å². The van der Waals surface area contributed by atoms with Crippen molar-refractivity contribution >= 4 is 11.9 Å². The molecule has 2 heterocycles. The van der Waals surface area contributed by atoms with E-state index in [1.54, 1.807) is 35.0 Å². The van der Waals surface area contributed by atoms with Crippen molar-refractivity contribution in [1.29, 1.82) is 0 Å². The summed E-state index contributed by atoms with van der Waals surface area (Å²) in [4.78, 5) is 24.9. The number of carbonyl (C=O) groups excluding carboxylic acids is 1. The minimum absolute atomic E-state index is 0.00345. The van der Waals surface area contributed by atoms with Crippen molar-refractivity contribution in [2.75, 3.05) is 13.1 Å². The van der Waals surface area contributed by atoms with Gasteiger partial charge in [-0.2, -0.15) is 5.10 Å². The predicted molar refractivity (Wildman–Crippen MR) is 63.8 cm³/mol. The molecule has 0 bridgehead atoms. The van der Waals surface area contributed by atoms with Gasteiger partial charge in [0.25, 0.3) is 0 Å². The highest BCUT2D eigenvalue weighted by Gasteiger charge is 2.38. The molecule has 1 aliphatic rings. The SMILES string of the molecule is CC1CN(C(=O)C(C)n2cccn2)CC1C(=O)O. The maximum Gasteiger partial charge on any atom is 0.308 e. The van der Waals surface area contributed by atoms with Crippen molar-refractivity contribution in [3.63, 3.8) is 0 Å². The van der Waals surface area contributed by atoms with E-state index in [1.807, 2.05) is 6.92 Å². The fraction of sp³-hybridized carbons (Fsp3) is 0.583. The molecule has 0 aromatic carbocycles. The van der Waals surface area contributed by atoms with Gasteiger partial charge in [-0.05, 0) is 18.9 Å². The number of rotatable bonds is 3. The van der Waals surface area contributed by atoms with Crippen LogP contribution in [-0.4, -0.2) is 44.8 Å². The Hall–Kier alpha value is -1.85. The Morgan fingerprint density at radius 1 is 1.44 bits per heavy atom. The molecule has 18 heavy (non-hydrogen) atoms. The molecule has 1 amide bonds. The molecule has 0 spiro atoms. The third kappa shape index (κ3) is 2.23. The van der Waals surface area contributed by atoms with E-state index in [-0.39, 0.29) is 17.9 Å². The smallest absolute Gasteiger partial charge is 0.308 e. The molecule has 1 saturated heterocycles. The number of nitrogens with zero attached hydrogens (tertiary/aromatic N) is 3. The lowest BCUT2D eigenvalue weighted by molar-refractivity contribution is -0.142. The summed E-state index contributed by atoms with van der Waals surface area (Å²) in [5.74, 6) is -1.37. The number of carbonyl (C=O) groups is 2. The highest BCUT2D eigenvalue weighted by atomic mass is 16.4. The topological polar surface area (TPSA) is 75.4 Å². The summed E-state index contributed by atoms with van der Waals surface area (Å²) < 4.78 is 1.58. The zero-order valence-corrected chi connectivity index (χ0v) is 10.5. The van der Waals surface area contributed by atoms with Crippen LogP contribution in [0.2, 0.25) is 0 Å². The second kappa shape index (κ2) is 4.80. The molecule has 3 atom stereocenters. The van der Waals surface area contributed by atoms with Gasteiger partial charge in [-0.1, -0.05) is 6.92 Å². The highest BCUT2D eigenvalue weighted by molar-refractivity contribution is 5.81. The Bertz CT molecular complexity index is 443. The zero-order valence-electron chi connectivity index (χ0n) is 10.5. The third-order valence-electron chi connectivity index (χ3n) is 3.52. The van der Waals surface area contributed by atoms with Gasteiger partial charge < -0.3 is 10.0 Å². The van der Waals surface area contributed by atoms with E-state index in [9.17, 15) is 9.59 Å². The maximum atomic E-state index is 12.2. The summed E-state index contributed by atoms with van der Waals surface area (Å²) in [6.07, 6.45) is 3.35. The van der Waals surface area contributed by atoms with Crippen molar-refractivity contribution in [1.82, 2.24) is 14.7 Å². The lowest BCUT2D eigenvalue weighted by Crippen LogP contribution is -2.35. The van der Waals surface area contributed by atoms with Crippen LogP contribution < -0.4 is 0 Å². The molecular weight excluding hydrogens is 234 g/mol. The Balaban J connectivity index is 2.05. The molecule has 1 aromatic heterocycles. The van der Waals surface area contributed by atoms with E-state index in [4.69, 9.17) is 5.11 Å². The largest absolute Gasteiger partial charge is 0.481 e. The van der Waals surface area contributed by atoms with Gasteiger partial charge in [-0.25, -0.2) is 0 Å². The summed E-state index contributed by atoms with van der Waals surface area (Å²) in [6, 6.07) is 1.37. The van der Waals surface area contributed by atoms with Crippen LogP contribution in [0, 0.1) is 11.8 Å². The van der Waals surface area contributed by atoms with E-state index >= 15 is 0 Å². The van der Waals surface area contributed by atoms with Crippen LogP contribution >= 0.6 is 0 Å². The molecule has 1 fully saturated rings. The summed E-state index contributed by atoms with van der Waals surface area (Å²) in [5, 5.41) is 13.1. The fourth-order valence-electron chi connectivity index (χ4n) is 2.36. The van der Waals surface area contributed by atoms with Crippen LogP contribution in [0.15, 0.2) is 18.5 Å². The molecule has 1 aliphatic heterocycles. The number of carboxylic acid groups (broad SMARTS) is 1. The minimum Gasteiger partial charge on any atom is -0.481 e. The maximum absolute atomic E-state index is 12.2. The molecular formula is C12H17N3O3. The average Bonchev–Trinajstić information content (AvgIpc) is 2.95. The highest BCUT2D eigenvalue weighted by Crippen LogP contribution is 2.25. The van der Waals surface area contributed by atoms with Crippen molar-refractivity contribution in [3.05, 3.63) is 18.5 Å². The van der Waals surface area contributed by atoms with Gasteiger partial charge in [0.05, 0.1) is 5.92 Å². The summed E-state index contributed by atoms with van der Waals surface area (Å²) in [5.41, 5.74) is 0. The Morgan fingerprint density at radius 3 is 2.67 bits per heavy atom. The number of carboxylic acids is 1. The molecule has 1 aromatic rings. The van der Waals surface area contributed by atoms with E-state index < -0.39 is 11.9 Å². The standard InChI is InChI=1S/C12H17N3O3/c1-8-6-14(7-10(8)12(17)18)11(16)9(2)15-5-3-4-13-15/h3-5,8-10H,6-7H2,1-2H3,(H,17,18). The predicted octanol–water partition coefficient (Wildman–Crippen LogP) is 0.623. The molecule has 3 unspecified atom stereocenters. The first kappa shape index (κ1) is 12.6. The normalized spacial score (nSPS) is 25.1. The van der Waals surface area contributed by atoms with Crippen molar-refractivity contribution in [3.8, 4) is 0 Å². The lowest BCUT2D eigenvalue weighted by Gasteiger charge is -2.20. The number of aromatic nitrogens is 2.